The summed E-state index contributed by atoms with van der Waals surface area (Å²) in [5, 5.41) is 0. The number of imidazole rings is 1. The molecule has 0 amide bonds. The molecule has 0 radical (unpaired) electrons. The van der Waals surface area contributed by atoms with Gasteiger partial charge in [-0.05, 0) is 6.07 Å². The molecule has 0 saturated carbocycles. The normalized spacial score (nSPS) is 8.33. The van der Waals surface area contributed by atoms with Crippen molar-refractivity contribution in [1.29, 1.82) is 0 Å². The molecular formula is C12H20N2O. The lowest BCUT2D eigenvalue weighted by Crippen LogP contribution is -1.85. The molecule has 0 fully saturated rings. The molecule has 0 bridgehead atoms. The van der Waals surface area contributed by atoms with Crippen LogP contribution in [0.25, 0.3) is 5.65 Å². The second kappa shape index (κ2) is 7.85. The van der Waals surface area contributed by atoms with Crippen LogP contribution in [0, 0.1) is 0 Å². The number of fused-ring (bicyclic) bond motifs is 1. The van der Waals surface area contributed by atoms with Crippen LogP contribution in [0.4, 0.5) is 0 Å². The fourth-order valence-electron chi connectivity index (χ4n) is 1.02. The number of aromatic nitrogens is 2. The first-order valence-corrected chi connectivity index (χ1v) is 5.37. The molecule has 0 unspecified atom stereocenters. The molecule has 15 heavy (non-hydrogen) atoms. The van der Waals surface area contributed by atoms with E-state index in [1.54, 1.807) is 13.3 Å². The van der Waals surface area contributed by atoms with E-state index in [9.17, 15) is 0 Å². The first-order valence-electron chi connectivity index (χ1n) is 5.37. The maximum Gasteiger partial charge on any atom is 0.140 e. The van der Waals surface area contributed by atoms with E-state index in [0.29, 0.717) is 0 Å². The Labute approximate surface area is 91.7 Å². The summed E-state index contributed by atoms with van der Waals surface area (Å²) in [6.07, 6.45) is 5.57. The van der Waals surface area contributed by atoms with Crippen LogP contribution in [-0.4, -0.2) is 16.5 Å². The second-order valence-corrected chi connectivity index (χ2v) is 2.26. The number of hydrogen-bond donors (Lipinski definition) is 0. The van der Waals surface area contributed by atoms with E-state index in [4.69, 9.17) is 4.74 Å². The van der Waals surface area contributed by atoms with Gasteiger partial charge in [-0.2, -0.15) is 0 Å². The third kappa shape index (κ3) is 3.62. The SMILES string of the molecule is CC.CC.COc1ccn2ccnc2c1. The van der Waals surface area contributed by atoms with E-state index < -0.39 is 0 Å². The maximum atomic E-state index is 5.04. The van der Waals surface area contributed by atoms with Crippen molar-refractivity contribution < 1.29 is 4.74 Å². The average molecular weight is 208 g/mol. The molecule has 0 aliphatic carbocycles. The lowest BCUT2D eigenvalue weighted by Gasteiger charge is -1.98. The minimum atomic E-state index is 0.837. The van der Waals surface area contributed by atoms with Gasteiger partial charge in [0, 0.05) is 24.7 Å². The quantitative estimate of drug-likeness (QED) is 0.718. The summed E-state index contributed by atoms with van der Waals surface area (Å²) in [6.45, 7) is 8.00. The topological polar surface area (TPSA) is 26.5 Å². The highest BCUT2D eigenvalue weighted by Gasteiger charge is 1.94. The molecule has 0 N–H and O–H groups in total. The van der Waals surface area contributed by atoms with Gasteiger partial charge in [-0.1, -0.05) is 27.7 Å². The predicted octanol–water partition coefficient (Wildman–Crippen LogP) is 3.40. The van der Waals surface area contributed by atoms with Crippen LogP contribution in [0.15, 0.2) is 30.7 Å². The molecule has 0 aromatic carbocycles. The zero-order chi connectivity index (χ0) is 11.7. The van der Waals surface area contributed by atoms with Gasteiger partial charge in [-0.3, -0.25) is 0 Å². The van der Waals surface area contributed by atoms with Crippen LogP contribution < -0.4 is 4.74 Å². The van der Waals surface area contributed by atoms with Crippen LogP contribution in [0.5, 0.6) is 5.75 Å². The molecule has 2 aromatic heterocycles. The van der Waals surface area contributed by atoms with E-state index in [1.807, 2.05) is 56.6 Å². The van der Waals surface area contributed by atoms with Crippen LogP contribution >= 0.6 is 0 Å². The molecule has 2 rings (SSSR count). The molecule has 2 heterocycles. The first-order chi connectivity index (χ1) is 7.40. The molecule has 3 heteroatoms. The van der Waals surface area contributed by atoms with Crippen LogP contribution in [0.1, 0.15) is 27.7 Å². The first kappa shape index (κ1) is 13.5. The molecule has 0 saturated heterocycles. The molecule has 2 aromatic rings. The summed E-state index contributed by atoms with van der Waals surface area (Å²) >= 11 is 0. The third-order valence-electron chi connectivity index (χ3n) is 1.61. The smallest absolute Gasteiger partial charge is 0.140 e. The van der Waals surface area contributed by atoms with Crippen molar-refractivity contribution in [2.45, 2.75) is 27.7 Å². The van der Waals surface area contributed by atoms with Gasteiger partial charge in [-0.15, -0.1) is 0 Å². The van der Waals surface area contributed by atoms with Crippen molar-refractivity contribution >= 4 is 5.65 Å². The number of methoxy groups -OCH3 is 1. The second-order valence-electron chi connectivity index (χ2n) is 2.26. The van der Waals surface area contributed by atoms with Crippen LogP contribution in [0.2, 0.25) is 0 Å². The highest BCUT2D eigenvalue weighted by Crippen LogP contribution is 2.11. The molecule has 0 aliphatic rings. The largest absolute Gasteiger partial charge is 0.497 e. The fraction of sp³-hybridized carbons (Fsp3) is 0.417. The van der Waals surface area contributed by atoms with Gasteiger partial charge in [0.1, 0.15) is 11.4 Å². The van der Waals surface area contributed by atoms with Crippen molar-refractivity contribution in [2.24, 2.45) is 0 Å². The summed E-state index contributed by atoms with van der Waals surface area (Å²) in [5.41, 5.74) is 0.907. The van der Waals surface area contributed by atoms with E-state index >= 15 is 0 Å². The Hall–Kier alpha value is -1.51. The van der Waals surface area contributed by atoms with Gasteiger partial charge in [0.05, 0.1) is 7.11 Å². The Balaban J connectivity index is 0.000000442. The van der Waals surface area contributed by atoms with Gasteiger partial charge in [0.25, 0.3) is 0 Å². The van der Waals surface area contributed by atoms with Gasteiger partial charge in [-0.25, -0.2) is 4.98 Å². The van der Waals surface area contributed by atoms with E-state index in [0.717, 1.165) is 11.4 Å². The average Bonchev–Trinajstić information content (AvgIpc) is 2.81. The lowest BCUT2D eigenvalue weighted by atomic mass is 10.4. The van der Waals surface area contributed by atoms with Crippen molar-refractivity contribution in [3.63, 3.8) is 0 Å². The Bertz CT molecular complexity index is 368. The van der Waals surface area contributed by atoms with Crippen molar-refractivity contribution in [3.8, 4) is 5.75 Å². The zero-order valence-electron chi connectivity index (χ0n) is 10.2. The Morgan fingerprint density at radius 2 is 1.80 bits per heavy atom. The molecule has 84 valence electrons. The summed E-state index contributed by atoms with van der Waals surface area (Å²) in [7, 11) is 1.65. The highest BCUT2D eigenvalue weighted by molar-refractivity contribution is 5.43. The van der Waals surface area contributed by atoms with Crippen molar-refractivity contribution in [1.82, 2.24) is 9.38 Å². The summed E-state index contributed by atoms with van der Waals surface area (Å²) in [6, 6.07) is 3.79. The fourth-order valence-corrected chi connectivity index (χ4v) is 1.02. The number of pyridine rings is 1. The summed E-state index contributed by atoms with van der Waals surface area (Å²) in [4.78, 5) is 4.11. The van der Waals surface area contributed by atoms with Crippen molar-refractivity contribution in [3.05, 3.63) is 30.7 Å². The van der Waals surface area contributed by atoms with Crippen LogP contribution in [-0.2, 0) is 0 Å². The standard InChI is InChI=1S/C8H8N2O.2C2H6/c1-11-7-2-4-10-5-3-9-8(10)6-7;2*1-2/h2-6H,1H3;2*1-2H3. The molecular weight excluding hydrogens is 188 g/mol. The van der Waals surface area contributed by atoms with E-state index in [-0.39, 0.29) is 0 Å². The van der Waals surface area contributed by atoms with E-state index in [1.165, 1.54) is 0 Å². The molecule has 0 aliphatic heterocycles. The lowest BCUT2D eigenvalue weighted by molar-refractivity contribution is 0.414. The van der Waals surface area contributed by atoms with Crippen molar-refractivity contribution in [2.75, 3.05) is 7.11 Å². The Kier molecular flexibility index (Phi) is 7.06. The number of nitrogens with zero attached hydrogens (tertiary/aromatic N) is 2. The van der Waals surface area contributed by atoms with Gasteiger partial charge in [0.15, 0.2) is 0 Å². The van der Waals surface area contributed by atoms with Gasteiger partial charge in [0.2, 0.25) is 0 Å². The monoisotopic (exact) mass is 208 g/mol. The minimum absolute atomic E-state index is 0.837. The number of rotatable bonds is 1. The Morgan fingerprint density at radius 3 is 2.40 bits per heavy atom. The number of ether oxygens (including phenoxy) is 1. The van der Waals surface area contributed by atoms with Gasteiger partial charge < -0.3 is 9.14 Å². The highest BCUT2D eigenvalue weighted by atomic mass is 16.5. The molecule has 0 atom stereocenters. The minimum Gasteiger partial charge on any atom is -0.497 e. The predicted molar refractivity (Wildman–Crippen MR) is 64.4 cm³/mol. The number of hydrogen-bond acceptors (Lipinski definition) is 2. The van der Waals surface area contributed by atoms with Crippen LogP contribution in [0.3, 0.4) is 0 Å². The molecule has 3 nitrogen and oxygen atoms in total. The van der Waals surface area contributed by atoms with E-state index in [2.05, 4.69) is 4.98 Å². The third-order valence-corrected chi connectivity index (χ3v) is 1.61. The summed E-state index contributed by atoms with van der Waals surface area (Å²) in [5.74, 6) is 0.837. The van der Waals surface area contributed by atoms with Gasteiger partial charge >= 0.3 is 0 Å². The maximum absolute atomic E-state index is 5.04. The molecule has 0 spiro atoms. The Morgan fingerprint density at radius 1 is 1.13 bits per heavy atom. The summed E-state index contributed by atoms with van der Waals surface area (Å²) < 4.78 is 6.97. The zero-order valence-corrected chi connectivity index (χ0v) is 10.2.